The van der Waals surface area contributed by atoms with Crippen LogP contribution in [0.3, 0.4) is 0 Å². The molecule has 1 N–H and O–H groups in total. The molecule has 1 unspecified atom stereocenters. The molecule has 1 rings (SSSR count). The van der Waals surface area contributed by atoms with E-state index in [4.69, 9.17) is 14.2 Å². The van der Waals surface area contributed by atoms with Gasteiger partial charge in [-0.2, -0.15) is 13.2 Å². The van der Waals surface area contributed by atoms with Crippen LogP contribution >= 0.6 is 0 Å². The van der Waals surface area contributed by atoms with Gasteiger partial charge in [0, 0.05) is 26.3 Å². The fraction of sp³-hybridized carbons (Fsp3) is 0.600. The summed E-state index contributed by atoms with van der Waals surface area (Å²) in [4.78, 5) is 0. The van der Waals surface area contributed by atoms with Gasteiger partial charge in [0.1, 0.15) is 0 Å². The Morgan fingerprint density at radius 3 is 2.50 bits per heavy atom. The predicted octanol–water partition coefficient (Wildman–Crippen LogP) is 3.15. The number of alkyl halides is 3. The van der Waals surface area contributed by atoms with E-state index in [2.05, 4.69) is 5.32 Å². The Bertz CT molecular complexity index is 452. The van der Waals surface area contributed by atoms with Crippen molar-refractivity contribution in [2.75, 3.05) is 27.4 Å². The van der Waals surface area contributed by atoms with Gasteiger partial charge in [-0.15, -0.1) is 0 Å². The van der Waals surface area contributed by atoms with Gasteiger partial charge in [-0.05, 0) is 31.0 Å². The lowest BCUT2D eigenvalue weighted by atomic mass is 10.1. The molecule has 0 aliphatic carbocycles. The molecule has 0 spiro atoms. The molecule has 0 aliphatic heterocycles. The van der Waals surface area contributed by atoms with E-state index in [0.29, 0.717) is 13.2 Å². The molecule has 0 heterocycles. The van der Waals surface area contributed by atoms with Gasteiger partial charge in [0.15, 0.2) is 18.1 Å². The fourth-order valence-electron chi connectivity index (χ4n) is 1.79. The van der Waals surface area contributed by atoms with Crippen molar-refractivity contribution in [1.82, 2.24) is 5.32 Å². The Morgan fingerprint density at radius 2 is 1.91 bits per heavy atom. The van der Waals surface area contributed by atoms with E-state index in [0.717, 1.165) is 12.0 Å². The third-order valence-corrected chi connectivity index (χ3v) is 3.03. The van der Waals surface area contributed by atoms with Crippen LogP contribution in [0.4, 0.5) is 13.2 Å². The number of hydrogen-bond donors (Lipinski definition) is 1. The summed E-state index contributed by atoms with van der Waals surface area (Å²) in [6.07, 6.45) is -3.50. The van der Waals surface area contributed by atoms with E-state index in [1.165, 1.54) is 13.2 Å². The first-order chi connectivity index (χ1) is 10.4. The minimum absolute atomic E-state index is 0.0796. The van der Waals surface area contributed by atoms with Crippen LogP contribution < -0.4 is 14.8 Å². The number of benzene rings is 1. The van der Waals surface area contributed by atoms with Crippen molar-refractivity contribution < 1.29 is 27.4 Å². The van der Waals surface area contributed by atoms with Crippen molar-refractivity contribution in [3.8, 4) is 11.5 Å². The summed E-state index contributed by atoms with van der Waals surface area (Å²) in [6.45, 7) is 1.95. The van der Waals surface area contributed by atoms with Crippen molar-refractivity contribution in [1.29, 1.82) is 0 Å². The van der Waals surface area contributed by atoms with Crippen molar-refractivity contribution in [3.63, 3.8) is 0 Å². The molecule has 0 saturated carbocycles. The lowest BCUT2D eigenvalue weighted by Gasteiger charge is -2.16. The summed E-state index contributed by atoms with van der Waals surface area (Å²) in [5.74, 6) is 0.365. The first-order valence-electron chi connectivity index (χ1n) is 6.94. The molecule has 0 aliphatic rings. The Hall–Kier alpha value is -1.47. The normalized spacial score (nSPS) is 13.0. The highest BCUT2D eigenvalue weighted by Crippen LogP contribution is 2.29. The molecule has 1 atom stereocenters. The number of hydrogen-bond acceptors (Lipinski definition) is 4. The third kappa shape index (κ3) is 7.00. The van der Waals surface area contributed by atoms with Crippen LogP contribution in [0.25, 0.3) is 0 Å². The maximum atomic E-state index is 12.2. The molecule has 4 nitrogen and oxygen atoms in total. The molecule has 0 aromatic heterocycles. The SMILES string of the molecule is COCCC(C)NCc1ccc(OCC(F)(F)F)c(OC)c1. The Kier molecular flexibility index (Phi) is 7.47. The van der Waals surface area contributed by atoms with Crippen molar-refractivity contribution in [3.05, 3.63) is 23.8 Å². The largest absolute Gasteiger partial charge is 0.493 e. The summed E-state index contributed by atoms with van der Waals surface area (Å²) in [5.41, 5.74) is 0.903. The summed E-state index contributed by atoms with van der Waals surface area (Å²) in [6, 6.07) is 5.14. The van der Waals surface area contributed by atoms with Gasteiger partial charge in [-0.3, -0.25) is 0 Å². The topological polar surface area (TPSA) is 39.7 Å². The van der Waals surface area contributed by atoms with E-state index >= 15 is 0 Å². The highest BCUT2D eigenvalue weighted by atomic mass is 19.4. The lowest BCUT2D eigenvalue weighted by molar-refractivity contribution is -0.153. The Balaban J connectivity index is 2.60. The van der Waals surface area contributed by atoms with Crippen LogP contribution in [-0.2, 0) is 11.3 Å². The monoisotopic (exact) mass is 321 g/mol. The zero-order valence-corrected chi connectivity index (χ0v) is 13.0. The van der Waals surface area contributed by atoms with Gasteiger partial charge >= 0.3 is 6.18 Å². The van der Waals surface area contributed by atoms with Crippen LogP contribution in [0.1, 0.15) is 18.9 Å². The quantitative estimate of drug-likeness (QED) is 0.758. The molecule has 0 radical (unpaired) electrons. The predicted molar refractivity (Wildman–Crippen MR) is 77.3 cm³/mol. The van der Waals surface area contributed by atoms with Crippen molar-refractivity contribution in [2.24, 2.45) is 0 Å². The van der Waals surface area contributed by atoms with Crippen LogP contribution in [-0.4, -0.2) is 39.7 Å². The van der Waals surface area contributed by atoms with Crippen molar-refractivity contribution >= 4 is 0 Å². The smallest absolute Gasteiger partial charge is 0.422 e. The lowest BCUT2D eigenvalue weighted by Crippen LogP contribution is -2.26. The van der Waals surface area contributed by atoms with Crippen LogP contribution in [0, 0.1) is 0 Å². The van der Waals surface area contributed by atoms with Gasteiger partial charge in [-0.25, -0.2) is 0 Å². The van der Waals surface area contributed by atoms with E-state index in [-0.39, 0.29) is 17.5 Å². The average Bonchev–Trinajstić information content (AvgIpc) is 2.48. The van der Waals surface area contributed by atoms with Gasteiger partial charge < -0.3 is 19.5 Å². The highest BCUT2D eigenvalue weighted by Gasteiger charge is 2.29. The standard InChI is InChI=1S/C15H22F3NO3/c1-11(6-7-20-2)19-9-12-4-5-13(14(8-12)21-3)22-10-15(16,17)18/h4-5,8,11,19H,6-7,9-10H2,1-3H3. The van der Waals surface area contributed by atoms with Gasteiger partial charge in [0.05, 0.1) is 7.11 Å². The fourth-order valence-corrected chi connectivity index (χ4v) is 1.79. The molecule has 1 aromatic carbocycles. The summed E-state index contributed by atoms with van der Waals surface area (Å²) in [7, 11) is 3.05. The van der Waals surface area contributed by atoms with E-state index < -0.39 is 12.8 Å². The third-order valence-electron chi connectivity index (χ3n) is 3.03. The summed E-state index contributed by atoms with van der Waals surface area (Å²) < 4.78 is 51.4. The maximum Gasteiger partial charge on any atom is 0.422 e. The second kappa shape index (κ2) is 8.85. The minimum Gasteiger partial charge on any atom is -0.493 e. The van der Waals surface area contributed by atoms with E-state index in [1.807, 2.05) is 6.92 Å². The summed E-state index contributed by atoms with van der Waals surface area (Å²) in [5, 5.41) is 3.30. The van der Waals surface area contributed by atoms with Gasteiger partial charge in [0.25, 0.3) is 0 Å². The molecular formula is C15H22F3NO3. The molecule has 0 saturated heterocycles. The molecule has 1 aromatic rings. The molecule has 0 fully saturated rings. The molecule has 0 bridgehead atoms. The van der Waals surface area contributed by atoms with Gasteiger partial charge in [-0.1, -0.05) is 6.07 Å². The second-order valence-electron chi connectivity index (χ2n) is 4.95. The van der Waals surface area contributed by atoms with Crippen LogP contribution in [0.5, 0.6) is 11.5 Å². The number of methoxy groups -OCH3 is 2. The van der Waals surface area contributed by atoms with Crippen molar-refractivity contribution in [2.45, 2.75) is 32.1 Å². The number of rotatable bonds is 9. The number of ether oxygens (including phenoxy) is 3. The van der Waals surface area contributed by atoms with E-state index in [9.17, 15) is 13.2 Å². The molecule has 126 valence electrons. The maximum absolute atomic E-state index is 12.2. The molecule has 7 heteroatoms. The Labute approximate surface area is 128 Å². The van der Waals surface area contributed by atoms with Crippen LogP contribution in [0.15, 0.2) is 18.2 Å². The van der Waals surface area contributed by atoms with Gasteiger partial charge in [0.2, 0.25) is 0 Å². The van der Waals surface area contributed by atoms with E-state index in [1.54, 1.807) is 19.2 Å². The first kappa shape index (κ1) is 18.6. The molecule has 0 amide bonds. The average molecular weight is 321 g/mol. The number of nitrogens with one attached hydrogen (secondary N) is 1. The highest BCUT2D eigenvalue weighted by molar-refractivity contribution is 5.43. The minimum atomic E-state index is -4.37. The molecular weight excluding hydrogens is 299 g/mol. The Morgan fingerprint density at radius 1 is 1.18 bits per heavy atom. The molecule has 22 heavy (non-hydrogen) atoms. The second-order valence-corrected chi connectivity index (χ2v) is 4.95. The number of halogens is 3. The summed E-state index contributed by atoms with van der Waals surface area (Å²) >= 11 is 0. The van der Waals surface area contributed by atoms with Crippen LogP contribution in [0.2, 0.25) is 0 Å². The zero-order valence-electron chi connectivity index (χ0n) is 13.0. The first-order valence-corrected chi connectivity index (χ1v) is 6.94. The zero-order chi connectivity index (χ0) is 16.6.